The maximum atomic E-state index is 12.7. The lowest BCUT2D eigenvalue weighted by molar-refractivity contribution is -0.127. The number of hydrogen-bond acceptors (Lipinski definition) is 4. The van der Waals surface area contributed by atoms with E-state index in [9.17, 15) is 13.2 Å². The van der Waals surface area contributed by atoms with Crippen LogP contribution in [0.2, 0.25) is 5.02 Å². The van der Waals surface area contributed by atoms with Gasteiger partial charge in [-0.3, -0.25) is 4.79 Å². The molecule has 1 aliphatic rings. The van der Waals surface area contributed by atoms with Gasteiger partial charge in [-0.15, -0.1) is 0 Å². The molecule has 1 fully saturated rings. The number of halogens is 1. The summed E-state index contributed by atoms with van der Waals surface area (Å²) < 4.78 is 26.8. The van der Waals surface area contributed by atoms with Crippen molar-refractivity contribution >= 4 is 33.6 Å². The lowest BCUT2D eigenvalue weighted by atomic mass is 10.1. The second-order valence-corrected chi connectivity index (χ2v) is 8.63. The standard InChI is InChI=1S/C20H18ClN3O3S/c21-18-2-1-3-19(14-18)28(26,27)24-12-10-23(11-13-24)20(25)9-8-16-4-6-17(15-22)7-5-16/h1-9,14H,10-13H2/b9-8+. The molecule has 1 heterocycles. The van der Waals surface area contributed by atoms with Gasteiger partial charge in [-0.25, -0.2) is 8.42 Å². The van der Waals surface area contributed by atoms with Crippen molar-refractivity contribution in [3.8, 4) is 6.07 Å². The Labute approximate surface area is 169 Å². The van der Waals surface area contributed by atoms with E-state index in [-0.39, 0.29) is 23.9 Å². The van der Waals surface area contributed by atoms with E-state index in [1.54, 1.807) is 47.4 Å². The molecule has 0 spiro atoms. The lowest BCUT2D eigenvalue weighted by Gasteiger charge is -2.33. The van der Waals surface area contributed by atoms with Crippen molar-refractivity contribution in [1.82, 2.24) is 9.21 Å². The fraction of sp³-hybridized carbons (Fsp3) is 0.200. The average molecular weight is 416 g/mol. The van der Waals surface area contributed by atoms with E-state index in [0.29, 0.717) is 23.7 Å². The summed E-state index contributed by atoms with van der Waals surface area (Å²) in [5.74, 6) is -0.177. The summed E-state index contributed by atoms with van der Waals surface area (Å²) >= 11 is 5.90. The van der Waals surface area contributed by atoms with Gasteiger partial charge in [-0.1, -0.05) is 29.8 Å². The Bertz CT molecular complexity index is 1040. The van der Waals surface area contributed by atoms with Crippen LogP contribution in [0.3, 0.4) is 0 Å². The van der Waals surface area contributed by atoms with Crippen LogP contribution >= 0.6 is 11.6 Å². The van der Waals surface area contributed by atoms with Crippen LogP contribution in [0.5, 0.6) is 0 Å². The number of hydrogen-bond donors (Lipinski definition) is 0. The van der Waals surface area contributed by atoms with Gasteiger partial charge in [0.15, 0.2) is 0 Å². The predicted octanol–water partition coefficient (Wildman–Crippen LogP) is 2.76. The largest absolute Gasteiger partial charge is 0.337 e. The number of carbonyl (C=O) groups is 1. The Kier molecular flexibility index (Phi) is 6.15. The molecule has 0 aliphatic carbocycles. The highest BCUT2D eigenvalue weighted by Gasteiger charge is 2.29. The molecule has 0 radical (unpaired) electrons. The first-order valence-corrected chi connectivity index (χ1v) is 10.4. The van der Waals surface area contributed by atoms with Gasteiger partial charge in [0.05, 0.1) is 16.5 Å². The zero-order valence-electron chi connectivity index (χ0n) is 15.0. The van der Waals surface area contributed by atoms with Crippen molar-refractivity contribution in [2.75, 3.05) is 26.2 Å². The molecule has 1 aliphatic heterocycles. The zero-order chi connectivity index (χ0) is 20.1. The summed E-state index contributed by atoms with van der Waals surface area (Å²) in [7, 11) is -3.63. The minimum absolute atomic E-state index is 0.153. The summed E-state index contributed by atoms with van der Waals surface area (Å²) in [6, 6.07) is 15.1. The molecule has 0 bridgehead atoms. The molecular formula is C20H18ClN3O3S. The lowest BCUT2D eigenvalue weighted by Crippen LogP contribution is -2.50. The molecule has 2 aromatic rings. The third-order valence-corrected chi connectivity index (χ3v) is 6.57. The molecule has 6 nitrogen and oxygen atoms in total. The van der Waals surface area contributed by atoms with Crippen LogP contribution in [-0.2, 0) is 14.8 Å². The van der Waals surface area contributed by atoms with Gasteiger partial charge >= 0.3 is 0 Å². The molecule has 0 saturated carbocycles. The SMILES string of the molecule is N#Cc1ccc(/C=C/C(=O)N2CCN(S(=O)(=O)c3cccc(Cl)c3)CC2)cc1. The quantitative estimate of drug-likeness (QED) is 0.719. The van der Waals surface area contributed by atoms with Gasteiger partial charge in [0.25, 0.3) is 0 Å². The molecular weight excluding hydrogens is 398 g/mol. The first-order valence-electron chi connectivity index (χ1n) is 8.63. The highest BCUT2D eigenvalue weighted by molar-refractivity contribution is 7.89. The van der Waals surface area contributed by atoms with Crippen LogP contribution in [0.4, 0.5) is 0 Å². The van der Waals surface area contributed by atoms with Gasteiger partial charge in [0.2, 0.25) is 15.9 Å². The fourth-order valence-electron chi connectivity index (χ4n) is 2.87. The Morgan fingerprint density at radius 1 is 1.07 bits per heavy atom. The first kappa shape index (κ1) is 20.1. The van der Waals surface area contributed by atoms with Crippen molar-refractivity contribution in [3.05, 3.63) is 70.8 Å². The van der Waals surface area contributed by atoms with Crippen LogP contribution < -0.4 is 0 Å². The average Bonchev–Trinajstić information content (AvgIpc) is 2.72. The smallest absolute Gasteiger partial charge is 0.246 e. The van der Waals surface area contributed by atoms with Crippen molar-refractivity contribution < 1.29 is 13.2 Å². The molecule has 144 valence electrons. The molecule has 1 saturated heterocycles. The van der Waals surface area contributed by atoms with E-state index in [0.717, 1.165) is 5.56 Å². The minimum Gasteiger partial charge on any atom is -0.337 e. The zero-order valence-corrected chi connectivity index (χ0v) is 16.5. The maximum Gasteiger partial charge on any atom is 0.246 e. The van der Waals surface area contributed by atoms with Crippen LogP contribution in [0.15, 0.2) is 59.5 Å². The highest BCUT2D eigenvalue weighted by Crippen LogP contribution is 2.21. The van der Waals surface area contributed by atoms with Gasteiger partial charge in [-0.05, 0) is 42.0 Å². The normalized spacial score (nSPS) is 15.5. The molecule has 0 unspecified atom stereocenters. The number of benzene rings is 2. The van der Waals surface area contributed by atoms with Gasteiger partial charge in [0.1, 0.15) is 0 Å². The first-order chi connectivity index (χ1) is 13.4. The van der Waals surface area contributed by atoms with E-state index in [4.69, 9.17) is 16.9 Å². The molecule has 0 N–H and O–H groups in total. The third kappa shape index (κ3) is 4.60. The minimum atomic E-state index is -3.63. The van der Waals surface area contributed by atoms with Crippen molar-refractivity contribution in [2.45, 2.75) is 4.90 Å². The number of nitrogens with zero attached hydrogens (tertiary/aromatic N) is 3. The predicted molar refractivity (Wildman–Crippen MR) is 107 cm³/mol. The molecule has 0 atom stereocenters. The number of amides is 1. The Morgan fingerprint density at radius 2 is 1.75 bits per heavy atom. The second-order valence-electron chi connectivity index (χ2n) is 6.25. The van der Waals surface area contributed by atoms with Crippen LogP contribution in [0.25, 0.3) is 6.08 Å². The van der Waals surface area contributed by atoms with E-state index < -0.39 is 10.0 Å². The monoisotopic (exact) mass is 415 g/mol. The third-order valence-electron chi connectivity index (χ3n) is 4.44. The summed E-state index contributed by atoms with van der Waals surface area (Å²) in [6.07, 6.45) is 3.14. The summed E-state index contributed by atoms with van der Waals surface area (Å²) in [4.78, 5) is 14.1. The van der Waals surface area contributed by atoms with Gasteiger partial charge in [-0.2, -0.15) is 9.57 Å². The Hall–Kier alpha value is -2.66. The van der Waals surface area contributed by atoms with Gasteiger partial charge in [0, 0.05) is 37.3 Å². The topological polar surface area (TPSA) is 81.5 Å². The second kappa shape index (κ2) is 8.57. The molecule has 2 aromatic carbocycles. The molecule has 1 amide bonds. The van der Waals surface area contributed by atoms with Crippen LogP contribution in [-0.4, -0.2) is 49.7 Å². The molecule has 0 aromatic heterocycles. The summed E-state index contributed by atoms with van der Waals surface area (Å²) in [6.45, 7) is 1.09. The number of nitriles is 1. The van der Waals surface area contributed by atoms with Gasteiger partial charge < -0.3 is 4.90 Å². The molecule has 28 heavy (non-hydrogen) atoms. The molecule has 8 heteroatoms. The van der Waals surface area contributed by atoms with Crippen LogP contribution in [0.1, 0.15) is 11.1 Å². The van der Waals surface area contributed by atoms with Crippen molar-refractivity contribution in [1.29, 1.82) is 5.26 Å². The number of carbonyl (C=O) groups excluding carboxylic acids is 1. The Balaban J connectivity index is 1.60. The van der Waals surface area contributed by atoms with Crippen molar-refractivity contribution in [3.63, 3.8) is 0 Å². The van der Waals surface area contributed by atoms with Crippen LogP contribution in [0, 0.1) is 11.3 Å². The maximum absolute atomic E-state index is 12.7. The van der Waals surface area contributed by atoms with E-state index in [1.807, 2.05) is 6.07 Å². The molecule has 3 rings (SSSR count). The number of sulfonamides is 1. The van der Waals surface area contributed by atoms with E-state index in [1.165, 1.54) is 22.5 Å². The number of rotatable bonds is 4. The van der Waals surface area contributed by atoms with E-state index in [2.05, 4.69) is 0 Å². The summed E-state index contributed by atoms with van der Waals surface area (Å²) in [5, 5.41) is 9.16. The summed E-state index contributed by atoms with van der Waals surface area (Å²) in [5.41, 5.74) is 1.37. The number of piperazine rings is 1. The fourth-order valence-corrected chi connectivity index (χ4v) is 4.59. The van der Waals surface area contributed by atoms with Crippen molar-refractivity contribution in [2.24, 2.45) is 0 Å². The highest BCUT2D eigenvalue weighted by atomic mass is 35.5. The van der Waals surface area contributed by atoms with E-state index >= 15 is 0 Å². The Morgan fingerprint density at radius 3 is 2.36 bits per heavy atom.